The van der Waals surface area contributed by atoms with E-state index in [1.165, 1.54) is 6.92 Å². The molecule has 24 aliphatic rings. The summed E-state index contributed by atoms with van der Waals surface area (Å²) in [6.45, 7) is 48.2. The van der Waals surface area contributed by atoms with E-state index >= 15 is 0 Å². The van der Waals surface area contributed by atoms with Crippen molar-refractivity contribution in [3.8, 4) is 30.3 Å². The van der Waals surface area contributed by atoms with Crippen LogP contribution in [0.25, 0.3) is 9.69 Å². The van der Waals surface area contributed by atoms with Crippen LogP contribution in [0.1, 0.15) is 124 Å². The van der Waals surface area contributed by atoms with Crippen LogP contribution in [-0.2, 0) is 157 Å². The minimum absolute atomic E-state index is 0.0322. The van der Waals surface area contributed by atoms with E-state index in [0.717, 1.165) is 56.4 Å². The Bertz CT molecular complexity index is 5890. The van der Waals surface area contributed by atoms with Crippen molar-refractivity contribution in [2.75, 3.05) is 0 Å². The van der Waals surface area contributed by atoms with E-state index in [-0.39, 0.29) is 172 Å². The average molecular weight is 1940 g/mol. The van der Waals surface area contributed by atoms with Crippen molar-refractivity contribution in [1.29, 1.82) is 26.3 Å². The summed E-state index contributed by atoms with van der Waals surface area (Å²) in [6, 6.07) is 10.8. The Kier molecular flexibility index (Phi) is 24.5. The maximum absolute atomic E-state index is 11.8. The normalized spacial score (nSPS) is 44.1. The Morgan fingerprint density at radius 2 is 0.730 bits per heavy atom. The summed E-state index contributed by atoms with van der Waals surface area (Å²) in [5.74, 6) is -10.2. The lowest BCUT2D eigenvalue weighted by Gasteiger charge is -2.32. The van der Waals surface area contributed by atoms with Gasteiger partial charge in [-0.05, 0) is 124 Å². The summed E-state index contributed by atoms with van der Waals surface area (Å²) in [7, 11) is 0. The molecular formula is C100H97N7O34. The number of carboxylic acid groups (broad SMARTS) is 1. The van der Waals surface area contributed by atoms with Crippen LogP contribution in [0.4, 0.5) is 0 Å². The zero-order valence-electron chi connectivity index (χ0n) is 76.8. The average Bonchev–Trinajstić information content (AvgIpc) is 1.46. The van der Waals surface area contributed by atoms with Gasteiger partial charge in [-0.3, -0.25) is 52.8 Å². The van der Waals surface area contributed by atoms with Crippen molar-refractivity contribution < 1.29 is 162 Å². The maximum atomic E-state index is 11.8. The van der Waals surface area contributed by atoms with E-state index < -0.39 is 184 Å². The van der Waals surface area contributed by atoms with E-state index in [0.29, 0.717) is 74.5 Å². The number of aliphatic carboxylic acids is 1. The highest BCUT2D eigenvalue weighted by atomic mass is 16.7. The van der Waals surface area contributed by atoms with Gasteiger partial charge in [0.2, 0.25) is 12.2 Å². The van der Waals surface area contributed by atoms with Gasteiger partial charge in [0.25, 0.3) is 0 Å². The summed E-state index contributed by atoms with van der Waals surface area (Å²) in [4.78, 5) is 203. The molecule has 8 saturated heterocycles. The summed E-state index contributed by atoms with van der Waals surface area (Å²) in [5.41, 5.74) is -6.04. The molecule has 16 aliphatic carbocycles. The molecule has 41 heteroatoms. The molecule has 24 rings (SSSR count). The summed E-state index contributed by atoms with van der Waals surface area (Å²) >= 11 is 0. The van der Waals surface area contributed by atoms with Gasteiger partial charge < -0.3 is 80.9 Å². The van der Waals surface area contributed by atoms with Gasteiger partial charge in [0.1, 0.15) is 60.4 Å². The molecule has 0 radical (unpaired) electrons. The van der Waals surface area contributed by atoms with Gasteiger partial charge >= 0.3 is 113 Å². The third-order valence-corrected chi connectivity index (χ3v) is 34.1. The standard InChI is InChI=1S/3C13H13NO4.C13H14O6.4C12H11NO4/c1-6(2)11(15)17-10-7-4-8-9(5-7)13(10,14-3)18-12(8)16;1-6(2)11(15)17-9-7-3-8-10(9)18-12(16)13(8,4-7)5-14;1-5(2)12(15)17-10-6-3-7-9(8(6)4-14)13(16)18-11(7)10;1-5(2)10(14)19-9-8-6-3-13(9,12(16)17)4-7(6)11(15)18-8;1-3-9(14)16-10-6-4-7-8(5-6)12(10,13-2)17-11(7)15;2*1-2-8(14)16-10-9-6-3-12(10,5-13)4-7(6)11(15)17-9;1-2-8(14)16-9-6-3-7-10(9)17-11(15)12(7,4-6)5-13/h7-10H,1,4-5H2,2H3;7-10H,1,3-4H2,2H3;6-11H,1,3H2,2H3;6-9H,1,3-4H2,2H3,(H,16,17);3,6-8,10H,1,4-5H2;3*2,6-7,9-10H,1,3-4H2. The highest BCUT2D eigenvalue weighted by Crippen LogP contribution is 2.70. The molecular weight excluding hydrogens is 1840 g/mol. The second-order valence-electron chi connectivity index (χ2n) is 41.2. The lowest BCUT2D eigenvalue weighted by molar-refractivity contribution is -0.172. The largest absolute Gasteiger partial charge is 0.481 e. The van der Waals surface area contributed by atoms with E-state index in [9.17, 15) is 113 Å². The Morgan fingerprint density at radius 1 is 0.369 bits per heavy atom. The number of carbonyl (C=O) groups is 17. The molecule has 0 aromatic carbocycles. The molecule has 8 aliphatic heterocycles. The molecule has 8 heterocycles. The molecule has 0 aromatic heterocycles. The first-order valence-corrected chi connectivity index (χ1v) is 46.4. The van der Waals surface area contributed by atoms with Gasteiger partial charge in [0.15, 0.2) is 29.1 Å². The molecule has 736 valence electrons. The van der Waals surface area contributed by atoms with Crippen LogP contribution in [0, 0.1) is 215 Å². The second-order valence-corrected chi connectivity index (χ2v) is 41.2. The monoisotopic (exact) mass is 1940 g/mol. The number of nitriles is 5. The quantitative estimate of drug-likeness (QED) is 0.0737. The topological polar surface area (TPSA) is 586 Å². The van der Waals surface area contributed by atoms with Crippen molar-refractivity contribution in [3.63, 3.8) is 0 Å². The number of carbonyl (C=O) groups excluding carboxylic acids is 16. The Hall–Kier alpha value is -14.7. The Balaban J connectivity index is 0.000000111. The van der Waals surface area contributed by atoms with Crippen molar-refractivity contribution in [3.05, 3.63) is 122 Å². The molecule has 41 atom stereocenters. The fourth-order valence-corrected chi connectivity index (χ4v) is 28.1. The van der Waals surface area contributed by atoms with Gasteiger partial charge in [-0.15, -0.1) is 0 Å². The lowest BCUT2D eigenvalue weighted by Crippen LogP contribution is -2.47. The van der Waals surface area contributed by atoms with Crippen LogP contribution in [0.5, 0.6) is 0 Å². The van der Waals surface area contributed by atoms with Gasteiger partial charge in [-0.1, -0.05) is 52.6 Å². The van der Waals surface area contributed by atoms with E-state index in [1.807, 2.05) is 0 Å². The molecule has 16 saturated carbocycles. The SMILES string of the molecule is C=C(C)C(=O)OC1C2CC3C1OC(=O)C3(C#N)C2.C=C(C)C(=O)OC1C2CC3C1OC(=O)C3C2C#N.C=C(C)C(=O)OC1C2OC(=O)C3CC1(C(=O)O)CC32.C=CC(=O)OC1C2CC3C1OC(=O)C3(C#N)C2.C=CC(=O)OC1C2OC(=O)C3CC1(C#N)CC32.C=CC(=O)OC1C2OC(=O)C3CC1(C#N)CC32.[C-]#[N+]C12OC(=O)C3CC(CC31)C2OC(=O)C(=C)C.[C-]#[N+]C12OC(=O)C3CC(CC31)C2OC(=O)C=C. The van der Waals surface area contributed by atoms with Gasteiger partial charge in [0.05, 0.1) is 94.4 Å². The van der Waals surface area contributed by atoms with Crippen LogP contribution >= 0.6 is 0 Å². The van der Waals surface area contributed by atoms with E-state index in [4.69, 9.17) is 88.9 Å². The molecule has 41 nitrogen and oxygen atoms in total. The van der Waals surface area contributed by atoms with Crippen molar-refractivity contribution >= 4 is 101 Å². The predicted molar refractivity (Wildman–Crippen MR) is 456 cm³/mol. The van der Waals surface area contributed by atoms with Crippen molar-refractivity contribution in [2.45, 2.75) is 221 Å². The number of fused-ring (bicyclic) bond motifs is 8. The zero-order chi connectivity index (χ0) is 102. The minimum atomic E-state index is -1.27. The fourth-order valence-electron chi connectivity index (χ4n) is 28.1. The zero-order valence-corrected chi connectivity index (χ0v) is 76.8. The molecule has 16 bridgehead atoms. The van der Waals surface area contributed by atoms with Gasteiger partial charge in [-0.2, -0.15) is 26.3 Å². The minimum Gasteiger partial charge on any atom is -0.481 e. The summed E-state index contributed by atoms with van der Waals surface area (Å²) < 4.78 is 84.0. The molecule has 41 unspecified atom stereocenters. The highest BCUT2D eigenvalue weighted by molar-refractivity contribution is 5.93. The maximum Gasteiger partial charge on any atom is 0.418 e. The van der Waals surface area contributed by atoms with E-state index in [2.05, 4.69) is 92.7 Å². The number of carboxylic acids is 1. The Labute approximate surface area is 805 Å². The number of rotatable bonds is 17. The van der Waals surface area contributed by atoms with Gasteiger partial charge in [-0.25, -0.2) is 51.5 Å². The molecule has 0 aromatic rings. The summed E-state index contributed by atoms with van der Waals surface area (Å²) in [5, 5.41) is 55.7. The second kappa shape index (κ2) is 35.3. The molecule has 0 amide bonds. The first-order valence-electron chi connectivity index (χ1n) is 46.4. The first kappa shape index (κ1) is 98.0. The van der Waals surface area contributed by atoms with Crippen LogP contribution < -0.4 is 0 Å². The van der Waals surface area contributed by atoms with Gasteiger partial charge in [0, 0.05) is 112 Å². The Morgan fingerprint density at radius 3 is 1.13 bits per heavy atom. The predicted octanol–water partition coefficient (Wildman–Crippen LogP) is 6.16. The number of ether oxygens (including phenoxy) is 16. The molecule has 24 fully saturated rings. The van der Waals surface area contributed by atoms with Crippen LogP contribution in [-0.4, -0.2) is 203 Å². The smallest absolute Gasteiger partial charge is 0.418 e. The number of hydrogen-bond acceptors (Lipinski definition) is 38. The molecule has 141 heavy (non-hydrogen) atoms. The third-order valence-electron chi connectivity index (χ3n) is 34.1. The number of nitrogens with zero attached hydrogens (tertiary/aromatic N) is 7. The third kappa shape index (κ3) is 14.8. The number of esters is 16. The van der Waals surface area contributed by atoms with E-state index in [1.54, 1.807) is 20.8 Å². The first-order chi connectivity index (χ1) is 66.8. The molecule has 0 spiro atoms. The number of hydrogen-bond donors (Lipinski definition) is 1. The summed E-state index contributed by atoms with van der Waals surface area (Å²) in [6.07, 6.45) is 5.23. The fraction of sp³-hybridized carbons (Fsp3) is 0.600. The lowest BCUT2D eigenvalue weighted by atomic mass is 9.74. The van der Waals surface area contributed by atoms with Crippen LogP contribution in [0.2, 0.25) is 0 Å². The highest BCUT2D eigenvalue weighted by Gasteiger charge is 2.82. The molecule has 1 N–H and O–H groups in total. The van der Waals surface area contributed by atoms with Crippen LogP contribution in [0.15, 0.2) is 99.2 Å². The van der Waals surface area contributed by atoms with Crippen LogP contribution in [0.3, 0.4) is 0 Å². The van der Waals surface area contributed by atoms with Crippen molar-refractivity contribution in [2.24, 2.45) is 145 Å². The van der Waals surface area contributed by atoms with Crippen molar-refractivity contribution in [1.82, 2.24) is 0 Å².